The summed E-state index contributed by atoms with van der Waals surface area (Å²) in [6.07, 6.45) is 1.36. The molecule has 1 aliphatic rings. The van der Waals surface area contributed by atoms with E-state index in [0.29, 0.717) is 6.54 Å². The van der Waals surface area contributed by atoms with Crippen molar-refractivity contribution in [1.29, 1.82) is 0 Å². The molecule has 0 bridgehead atoms. The minimum absolute atomic E-state index is 0.479. The molecule has 26 heavy (non-hydrogen) atoms. The van der Waals surface area contributed by atoms with Gasteiger partial charge in [0.25, 0.3) is 0 Å². The summed E-state index contributed by atoms with van der Waals surface area (Å²) in [5.74, 6) is 1.04. The highest BCUT2D eigenvalue weighted by molar-refractivity contribution is 5.85. The summed E-state index contributed by atoms with van der Waals surface area (Å²) in [5, 5.41) is 12.0. The number of pyridine rings is 1. The third-order valence-corrected chi connectivity index (χ3v) is 5.30. The molecule has 2 N–H and O–H groups in total. The number of rotatable bonds is 4. The summed E-state index contributed by atoms with van der Waals surface area (Å²) >= 11 is 0. The molecule has 1 fully saturated rings. The lowest BCUT2D eigenvalue weighted by atomic mass is 10.0. The molecular formula is C21H26N4O. The van der Waals surface area contributed by atoms with E-state index in [0.717, 1.165) is 54.2 Å². The SMILES string of the molecule is Cc1ccc2c([C@@H](O)CN3CCN(c4ccccn4)CC3)c(C)[nH]c2c1. The van der Waals surface area contributed by atoms with Crippen LogP contribution in [0.4, 0.5) is 5.82 Å². The van der Waals surface area contributed by atoms with Gasteiger partial charge >= 0.3 is 0 Å². The van der Waals surface area contributed by atoms with Gasteiger partial charge in [0.1, 0.15) is 5.82 Å². The number of benzene rings is 1. The summed E-state index contributed by atoms with van der Waals surface area (Å²) < 4.78 is 0. The number of nitrogens with one attached hydrogen (secondary N) is 1. The number of aryl methyl sites for hydroxylation is 2. The Morgan fingerprint density at radius 2 is 1.92 bits per heavy atom. The van der Waals surface area contributed by atoms with Crippen molar-refractivity contribution in [2.75, 3.05) is 37.6 Å². The molecule has 2 aromatic heterocycles. The number of nitrogens with zero attached hydrogens (tertiary/aromatic N) is 3. The predicted octanol–water partition coefficient (Wildman–Crippen LogP) is 3.04. The molecule has 0 radical (unpaired) electrons. The van der Waals surface area contributed by atoms with Crippen LogP contribution in [0.1, 0.15) is 22.9 Å². The quantitative estimate of drug-likeness (QED) is 0.759. The van der Waals surface area contributed by atoms with Crippen molar-refractivity contribution in [1.82, 2.24) is 14.9 Å². The third-order valence-electron chi connectivity index (χ3n) is 5.30. The minimum atomic E-state index is -0.479. The molecule has 3 aromatic rings. The second-order valence-electron chi connectivity index (χ2n) is 7.20. The Balaban J connectivity index is 1.43. The van der Waals surface area contributed by atoms with Crippen LogP contribution in [0.2, 0.25) is 0 Å². The highest BCUT2D eigenvalue weighted by Crippen LogP contribution is 2.29. The van der Waals surface area contributed by atoms with E-state index in [1.165, 1.54) is 5.56 Å². The second-order valence-corrected chi connectivity index (χ2v) is 7.20. The monoisotopic (exact) mass is 350 g/mol. The van der Waals surface area contributed by atoms with Crippen LogP contribution >= 0.6 is 0 Å². The lowest BCUT2D eigenvalue weighted by Gasteiger charge is -2.36. The largest absolute Gasteiger partial charge is 0.387 e. The third kappa shape index (κ3) is 3.32. The van der Waals surface area contributed by atoms with Crippen molar-refractivity contribution in [3.8, 4) is 0 Å². The topological polar surface area (TPSA) is 55.4 Å². The van der Waals surface area contributed by atoms with Gasteiger partial charge < -0.3 is 15.0 Å². The van der Waals surface area contributed by atoms with Gasteiger partial charge in [0.05, 0.1) is 6.10 Å². The van der Waals surface area contributed by atoms with Gasteiger partial charge in [0.2, 0.25) is 0 Å². The molecule has 0 saturated carbocycles. The fourth-order valence-electron chi connectivity index (χ4n) is 3.93. The maximum Gasteiger partial charge on any atom is 0.128 e. The molecule has 1 saturated heterocycles. The van der Waals surface area contributed by atoms with E-state index in [1.807, 2.05) is 25.3 Å². The highest BCUT2D eigenvalue weighted by Gasteiger charge is 2.23. The summed E-state index contributed by atoms with van der Waals surface area (Å²) in [7, 11) is 0. The van der Waals surface area contributed by atoms with Crippen molar-refractivity contribution in [2.24, 2.45) is 0 Å². The van der Waals surface area contributed by atoms with Gasteiger partial charge in [0, 0.05) is 61.1 Å². The number of hydrogen-bond donors (Lipinski definition) is 2. The zero-order valence-corrected chi connectivity index (χ0v) is 15.4. The fraction of sp³-hybridized carbons (Fsp3) is 0.381. The smallest absolute Gasteiger partial charge is 0.128 e. The second kappa shape index (κ2) is 7.09. The maximum absolute atomic E-state index is 10.9. The summed E-state index contributed by atoms with van der Waals surface area (Å²) in [6.45, 7) is 8.56. The molecule has 1 aromatic carbocycles. The van der Waals surface area contributed by atoms with E-state index in [4.69, 9.17) is 0 Å². The maximum atomic E-state index is 10.9. The van der Waals surface area contributed by atoms with Crippen molar-refractivity contribution >= 4 is 16.7 Å². The Hall–Kier alpha value is -2.37. The number of anilines is 1. The minimum Gasteiger partial charge on any atom is -0.387 e. The van der Waals surface area contributed by atoms with Gasteiger partial charge in [-0.1, -0.05) is 18.2 Å². The molecule has 5 nitrogen and oxygen atoms in total. The molecule has 1 atom stereocenters. The van der Waals surface area contributed by atoms with Gasteiger partial charge in [-0.2, -0.15) is 0 Å². The van der Waals surface area contributed by atoms with Crippen molar-refractivity contribution in [3.05, 3.63) is 59.4 Å². The van der Waals surface area contributed by atoms with Gasteiger partial charge in [-0.05, 0) is 37.6 Å². The normalized spacial score (nSPS) is 17.0. The number of β-amino-alcohol motifs (C(OH)–C–C–N with tert-alkyl or cyclic N) is 1. The highest BCUT2D eigenvalue weighted by atomic mass is 16.3. The van der Waals surface area contributed by atoms with E-state index in [9.17, 15) is 5.11 Å². The van der Waals surface area contributed by atoms with Crippen LogP contribution in [0.25, 0.3) is 10.9 Å². The first-order valence-corrected chi connectivity index (χ1v) is 9.27. The molecule has 3 heterocycles. The van der Waals surface area contributed by atoms with E-state index < -0.39 is 6.10 Å². The molecule has 1 aliphatic heterocycles. The zero-order valence-electron chi connectivity index (χ0n) is 15.4. The van der Waals surface area contributed by atoms with E-state index in [-0.39, 0.29) is 0 Å². The molecule has 0 spiro atoms. The van der Waals surface area contributed by atoms with Gasteiger partial charge in [-0.25, -0.2) is 4.98 Å². The number of piperazine rings is 1. The van der Waals surface area contributed by atoms with E-state index in [1.54, 1.807) is 0 Å². The van der Waals surface area contributed by atoms with Gasteiger partial charge in [-0.3, -0.25) is 4.90 Å². The summed E-state index contributed by atoms with van der Waals surface area (Å²) in [4.78, 5) is 12.5. The fourth-order valence-corrected chi connectivity index (χ4v) is 3.93. The van der Waals surface area contributed by atoms with E-state index in [2.05, 4.69) is 51.0 Å². The summed E-state index contributed by atoms with van der Waals surface area (Å²) in [5.41, 5.74) is 4.43. The molecule has 4 rings (SSSR count). The first-order chi connectivity index (χ1) is 12.6. The Morgan fingerprint density at radius 1 is 1.12 bits per heavy atom. The van der Waals surface area contributed by atoms with Crippen LogP contribution in [0.5, 0.6) is 0 Å². The number of aromatic nitrogens is 2. The molecule has 5 heteroatoms. The lowest BCUT2D eigenvalue weighted by Crippen LogP contribution is -2.47. The standard InChI is InChI=1S/C21H26N4O/c1-15-6-7-17-18(13-15)23-16(2)21(17)19(26)14-24-9-11-25(12-10-24)20-5-3-4-8-22-20/h3-8,13,19,23,26H,9-12,14H2,1-2H3/t19-/m0/s1. The van der Waals surface area contributed by atoms with Crippen LogP contribution in [0, 0.1) is 13.8 Å². The first kappa shape index (κ1) is 17.1. The van der Waals surface area contributed by atoms with Gasteiger partial charge in [0.15, 0.2) is 0 Å². The summed E-state index contributed by atoms with van der Waals surface area (Å²) in [6, 6.07) is 12.4. The Labute approximate surface area is 154 Å². The molecule has 0 amide bonds. The van der Waals surface area contributed by atoms with Crippen LogP contribution in [0.3, 0.4) is 0 Å². The molecule has 136 valence electrons. The first-order valence-electron chi connectivity index (χ1n) is 9.27. The van der Waals surface area contributed by atoms with Gasteiger partial charge in [-0.15, -0.1) is 0 Å². The number of aliphatic hydroxyl groups is 1. The Bertz CT molecular complexity index is 882. The predicted molar refractivity (Wildman–Crippen MR) is 106 cm³/mol. The molecule has 0 unspecified atom stereocenters. The van der Waals surface area contributed by atoms with Crippen LogP contribution < -0.4 is 4.90 Å². The Kier molecular flexibility index (Phi) is 4.66. The number of H-pyrrole nitrogens is 1. The average molecular weight is 350 g/mol. The van der Waals surface area contributed by atoms with Crippen LogP contribution in [-0.2, 0) is 0 Å². The number of fused-ring (bicyclic) bond motifs is 1. The van der Waals surface area contributed by atoms with E-state index >= 15 is 0 Å². The lowest BCUT2D eigenvalue weighted by molar-refractivity contribution is 0.110. The molecular weight excluding hydrogens is 324 g/mol. The average Bonchev–Trinajstić information content (AvgIpc) is 2.98. The number of hydrogen-bond acceptors (Lipinski definition) is 4. The molecule has 0 aliphatic carbocycles. The number of aliphatic hydroxyl groups excluding tert-OH is 1. The zero-order chi connectivity index (χ0) is 18.1. The van der Waals surface area contributed by atoms with Crippen molar-refractivity contribution in [2.45, 2.75) is 20.0 Å². The van der Waals surface area contributed by atoms with Crippen molar-refractivity contribution in [3.63, 3.8) is 0 Å². The van der Waals surface area contributed by atoms with Crippen LogP contribution in [-0.4, -0.2) is 52.7 Å². The Morgan fingerprint density at radius 3 is 2.65 bits per heavy atom. The van der Waals surface area contributed by atoms with Crippen molar-refractivity contribution < 1.29 is 5.11 Å². The van der Waals surface area contributed by atoms with Crippen LogP contribution in [0.15, 0.2) is 42.6 Å². The number of aromatic amines is 1.